The van der Waals surface area contributed by atoms with Crippen molar-refractivity contribution in [3.63, 3.8) is 0 Å². The summed E-state index contributed by atoms with van der Waals surface area (Å²) in [5.41, 5.74) is 0.951. The predicted octanol–water partition coefficient (Wildman–Crippen LogP) is 3.98. The van der Waals surface area contributed by atoms with Crippen molar-refractivity contribution in [1.29, 1.82) is 0 Å². The second-order valence-electron chi connectivity index (χ2n) is 6.71. The van der Waals surface area contributed by atoms with Crippen LogP contribution in [0.15, 0.2) is 66.7 Å². The standard InChI is InChI=1S/C22H21NO3/c24-18-9-10-19-16(15-18)5-4-8-20(19)21(25)26-22(11-13-23-14-12-22)17-6-2-1-3-7-17/h1-10,15,23-24H,11-14H2. The first-order valence-corrected chi connectivity index (χ1v) is 8.89. The molecule has 0 saturated carbocycles. The predicted molar refractivity (Wildman–Crippen MR) is 101 cm³/mol. The number of phenolic OH excluding ortho intramolecular Hbond substituents is 1. The Kier molecular flexibility index (Phi) is 4.35. The molecule has 0 amide bonds. The molecule has 4 nitrogen and oxygen atoms in total. The second kappa shape index (κ2) is 6.81. The fraction of sp³-hybridized carbons (Fsp3) is 0.227. The third kappa shape index (κ3) is 3.04. The summed E-state index contributed by atoms with van der Waals surface area (Å²) in [7, 11) is 0. The van der Waals surface area contributed by atoms with E-state index in [0.717, 1.165) is 42.3 Å². The van der Waals surface area contributed by atoms with Crippen molar-refractivity contribution < 1.29 is 14.6 Å². The number of hydrogen-bond donors (Lipinski definition) is 2. The monoisotopic (exact) mass is 347 g/mol. The van der Waals surface area contributed by atoms with E-state index in [1.54, 1.807) is 24.3 Å². The Morgan fingerprint density at radius 1 is 0.962 bits per heavy atom. The van der Waals surface area contributed by atoms with E-state index in [-0.39, 0.29) is 11.7 Å². The molecule has 3 aromatic carbocycles. The van der Waals surface area contributed by atoms with Gasteiger partial charge >= 0.3 is 5.97 Å². The van der Waals surface area contributed by atoms with Gasteiger partial charge in [-0.05, 0) is 53.7 Å². The van der Waals surface area contributed by atoms with Crippen molar-refractivity contribution in [1.82, 2.24) is 5.32 Å². The number of carbonyl (C=O) groups excluding carboxylic acids is 1. The summed E-state index contributed by atoms with van der Waals surface area (Å²) < 4.78 is 6.15. The maximum Gasteiger partial charge on any atom is 0.339 e. The second-order valence-corrected chi connectivity index (χ2v) is 6.71. The van der Waals surface area contributed by atoms with Gasteiger partial charge in [-0.25, -0.2) is 4.79 Å². The van der Waals surface area contributed by atoms with Crippen molar-refractivity contribution in [2.45, 2.75) is 18.4 Å². The molecule has 1 aliphatic rings. The number of esters is 1. The lowest BCUT2D eigenvalue weighted by Gasteiger charge is -2.37. The highest BCUT2D eigenvalue weighted by Crippen LogP contribution is 2.36. The number of aromatic hydroxyl groups is 1. The summed E-state index contributed by atoms with van der Waals surface area (Å²) in [4.78, 5) is 13.1. The van der Waals surface area contributed by atoms with Crippen LogP contribution in [0.1, 0.15) is 28.8 Å². The van der Waals surface area contributed by atoms with Crippen LogP contribution >= 0.6 is 0 Å². The Hall–Kier alpha value is -2.85. The van der Waals surface area contributed by atoms with Gasteiger partial charge in [-0.2, -0.15) is 0 Å². The third-order valence-electron chi connectivity index (χ3n) is 5.08. The molecule has 1 fully saturated rings. The van der Waals surface area contributed by atoms with Crippen molar-refractivity contribution >= 4 is 16.7 Å². The number of rotatable bonds is 3. The van der Waals surface area contributed by atoms with E-state index < -0.39 is 5.60 Å². The number of piperidine rings is 1. The maximum atomic E-state index is 13.1. The summed E-state index contributed by atoms with van der Waals surface area (Å²) in [6.45, 7) is 1.62. The van der Waals surface area contributed by atoms with Gasteiger partial charge in [0.2, 0.25) is 0 Å². The number of carbonyl (C=O) groups is 1. The first-order valence-electron chi connectivity index (χ1n) is 8.89. The fourth-order valence-electron chi connectivity index (χ4n) is 3.70. The Labute approximate surface area is 152 Å². The molecule has 1 aliphatic heterocycles. The van der Waals surface area contributed by atoms with Gasteiger partial charge in [0, 0.05) is 12.8 Å². The summed E-state index contributed by atoms with van der Waals surface area (Å²) in [6, 6.07) is 20.5. The average molecular weight is 347 g/mol. The van der Waals surface area contributed by atoms with Crippen LogP contribution in [0, 0.1) is 0 Å². The maximum absolute atomic E-state index is 13.1. The van der Waals surface area contributed by atoms with Gasteiger partial charge in [0.25, 0.3) is 0 Å². The summed E-state index contributed by atoms with van der Waals surface area (Å²) in [6.07, 6.45) is 1.49. The summed E-state index contributed by atoms with van der Waals surface area (Å²) >= 11 is 0. The van der Waals surface area contributed by atoms with Crippen LogP contribution in [0.3, 0.4) is 0 Å². The van der Waals surface area contributed by atoms with Crippen LogP contribution in [0.4, 0.5) is 0 Å². The average Bonchev–Trinajstić information content (AvgIpc) is 2.68. The molecular weight excluding hydrogens is 326 g/mol. The first kappa shape index (κ1) is 16.6. The zero-order chi connectivity index (χ0) is 18.0. The van der Waals surface area contributed by atoms with Crippen LogP contribution in [0.25, 0.3) is 10.8 Å². The quantitative estimate of drug-likeness (QED) is 0.704. The van der Waals surface area contributed by atoms with E-state index in [1.807, 2.05) is 42.5 Å². The normalized spacial score (nSPS) is 16.3. The molecule has 3 aromatic rings. The summed E-state index contributed by atoms with van der Waals surface area (Å²) in [5.74, 6) is -0.144. The Morgan fingerprint density at radius 3 is 2.50 bits per heavy atom. The van der Waals surface area contributed by atoms with Crippen molar-refractivity contribution in [2.75, 3.05) is 13.1 Å². The molecule has 0 bridgehead atoms. The van der Waals surface area contributed by atoms with Crippen LogP contribution in [0.2, 0.25) is 0 Å². The molecule has 1 saturated heterocycles. The molecule has 2 N–H and O–H groups in total. The molecule has 0 aliphatic carbocycles. The lowest BCUT2D eigenvalue weighted by atomic mass is 9.84. The largest absolute Gasteiger partial charge is 0.508 e. The lowest BCUT2D eigenvalue weighted by Crippen LogP contribution is -2.43. The molecule has 0 spiro atoms. The van der Waals surface area contributed by atoms with E-state index in [0.29, 0.717) is 5.56 Å². The van der Waals surface area contributed by atoms with Gasteiger partial charge in [-0.1, -0.05) is 42.5 Å². The highest BCUT2D eigenvalue weighted by Gasteiger charge is 2.38. The van der Waals surface area contributed by atoms with Crippen LogP contribution in [-0.2, 0) is 10.3 Å². The SMILES string of the molecule is O=C(OC1(c2ccccc2)CCNCC1)c1cccc2cc(O)ccc12. The number of phenols is 1. The number of fused-ring (bicyclic) bond motifs is 1. The Balaban J connectivity index is 1.72. The number of hydrogen-bond acceptors (Lipinski definition) is 4. The van der Waals surface area contributed by atoms with Crippen LogP contribution < -0.4 is 5.32 Å². The minimum absolute atomic E-state index is 0.183. The van der Waals surface area contributed by atoms with Crippen molar-refractivity contribution in [2.24, 2.45) is 0 Å². The van der Waals surface area contributed by atoms with Crippen molar-refractivity contribution in [3.8, 4) is 5.75 Å². The molecular formula is C22H21NO3. The molecule has 0 radical (unpaired) electrons. The molecule has 0 aromatic heterocycles. The van der Waals surface area contributed by atoms with E-state index in [4.69, 9.17) is 4.74 Å². The van der Waals surface area contributed by atoms with Gasteiger partial charge < -0.3 is 15.2 Å². The van der Waals surface area contributed by atoms with Gasteiger partial charge in [-0.15, -0.1) is 0 Å². The zero-order valence-corrected chi connectivity index (χ0v) is 14.4. The Bertz CT molecular complexity index is 931. The van der Waals surface area contributed by atoms with E-state index >= 15 is 0 Å². The van der Waals surface area contributed by atoms with Crippen LogP contribution in [-0.4, -0.2) is 24.2 Å². The van der Waals surface area contributed by atoms with Crippen molar-refractivity contribution in [3.05, 3.63) is 77.9 Å². The molecule has 26 heavy (non-hydrogen) atoms. The molecule has 132 valence electrons. The summed E-state index contributed by atoms with van der Waals surface area (Å²) in [5, 5.41) is 14.6. The Morgan fingerprint density at radius 2 is 1.73 bits per heavy atom. The van der Waals surface area contributed by atoms with E-state index in [9.17, 15) is 9.90 Å². The number of nitrogens with one attached hydrogen (secondary N) is 1. The smallest absolute Gasteiger partial charge is 0.339 e. The van der Waals surface area contributed by atoms with Gasteiger partial charge in [0.1, 0.15) is 11.4 Å². The first-order chi connectivity index (χ1) is 12.7. The molecule has 0 atom stereocenters. The van der Waals surface area contributed by atoms with E-state index in [1.165, 1.54) is 0 Å². The molecule has 1 heterocycles. The minimum atomic E-state index is -0.608. The third-order valence-corrected chi connectivity index (χ3v) is 5.08. The topological polar surface area (TPSA) is 58.6 Å². The highest BCUT2D eigenvalue weighted by molar-refractivity contribution is 6.04. The van der Waals surface area contributed by atoms with Crippen LogP contribution in [0.5, 0.6) is 5.75 Å². The lowest BCUT2D eigenvalue weighted by molar-refractivity contribution is -0.0376. The van der Waals surface area contributed by atoms with Gasteiger partial charge in [0.15, 0.2) is 0 Å². The van der Waals surface area contributed by atoms with E-state index in [2.05, 4.69) is 5.32 Å². The number of benzene rings is 3. The zero-order valence-electron chi connectivity index (χ0n) is 14.4. The van der Waals surface area contributed by atoms with Gasteiger partial charge in [0.05, 0.1) is 5.56 Å². The molecule has 0 unspecified atom stereocenters. The van der Waals surface area contributed by atoms with Gasteiger partial charge in [-0.3, -0.25) is 0 Å². The number of ether oxygens (including phenoxy) is 1. The molecule has 4 rings (SSSR count). The minimum Gasteiger partial charge on any atom is -0.508 e. The fourth-order valence-corrected chi connectivity index (χ4v) is 3.70. The highest BCUT2D eigenvalue weighted by atomic mass is 16.6. The molecule has 4 heteroatoms.